The van der Waals surface area contributed by atoms with Crippen LogP contribution in [0.5, 0.6) is 0 Å². The molecule has 0 fully saturated rings. The van der Waals surface area contributed by atoms with E-state index in [0.717, 1.165) is 6.54 Å². The standard InChI is InChI=1S/C9H15F2N3O/c1-2-14-4-3-13-8(14)5-12-6-9(10,11)7-15/h3-4,12,15H,2,5-7H2,1H3. The van der Waals surface area contributed by atoms with Crippen LogP contribution in [0.25, 0.3) is 0 Å². The zero-order chi connectivity index (χ0) is 11.3. The summed E-state index contributed by atoms with van der Waals surface area (Å²) in [6.07, 6.45) is 3.42. The number of hydrogen-bond donors (Lipinski definition) is 2. The fourth-order valence-corrected chi connectivity index (χ4v) is 1.21. The number of nitrogens with one attached hydrogen (secondary N) is 1. The Bertz CT molecular complexity index is 301. The molecule has 4 nitrogen and oxygen atoms in total. The lowest BCUT2D eigenvalue weighted by Crippen LogP contribution is -2.35. The van der Waals surface area contributed by atoms with Crippen LogP contribution in [-0.2, 0) is 13.1 Å². The molecule has 0 atom stereocenters. The number of aliphatic hydroxyl groups is 1. The molecule has 2 N–H and O–H groups in total. The molecular weight excluding hydrogens is 204 g/mol. The van der Waals surface area contributed by atoms with E-state index >= 15 is 0 Å². The van der Waals surface area contributed by atoms with Gasteiger partial charge in [0, 0.05) is 18.9 Å². The maximum atomic E-state index is 12.6. The molecule has 6 heteroatoms. The average Bonchev–Trinajstić information content (AvgIpc) is 2.65. The van der Waals surface area contributed by atoms with Gasteiger partial charge in [0.1, 0.15) is 12.4 Å². The molecule has 0 unspecified atom stereocenters. The summed E-state index contributed by atoms with van der Waals surface area (Å²) in [6, 6.07) is 0. The van der Waals surface area contributed by atoms with E-state index in [2.05, 4.69) is 10.3 Å². The van der Waals surface area contributed by atoms with E-state index < -0.39 is 19.1 Å². The number of imidazole rings is 1. The molecule has 0 aliphatic carbocycles. The minimum absolute atomic E-state index is 0.274. The molecule has 0 saturated carbocycles. The van der Waals surface area contributed by atoms with Crippen LogP contribution in [-0.4, -0.2) is 33.7 Å². The van der Waals surface area contributed by atoms with Crippen molar-refractivity contribution in [2.75, 3.05) is 13.2 Å². The van der Waals surface area contributed by atoms with Crippen molar-refractivity contribution in [3.63, 3.8) is 0 Å². The first kappa shape index (κ1) is 12.1. The highest BCUT2D eigenvalue weighted by Crippen LogP contribution is 2.10. The van der Waals surface area contributed by atoms with Crippen molar-refractivity contribution in [2.45, 2.75) is 25.9 Å². The Morgan fingerprint density at radius 1 is 1.60 bits per heavy atom. The third-order valence-electron chi connectivity index (χ3n) is 2.04. The Kier molecular flexibility index (Phi) is 4.16. The Balaban J connectivity index is 2.38. The Morgan fingerprint density at radius 3 is 2.93 bits per heavy atom. The van der Waals surface area contributed by atoms with Crippen LogP contribution in [0.3, 0.4) is 0 Å². The van der Waals surface area contributed by atoms with E-state index in [0.29, 0.717) is 5.82 Å². The molecule has 0 aliphatic heterocycles. The van der Waals surface area contributed by atoms with Crippen molar-refractivity contribution < 1.29 is 13.9 Å². The van der Waals surface area contributed by atoms with Gasteiger partial charge in [-0.3, -0.25) is 0 Å². The van der Waals surface area contributed by atoms with Crippen LogP contribution in [0.1, 0.15) is 12.7 Å². The molecule has 0 amide bonds. The molecule has 1 aromatic rings. The molecule has 0 saturated heterocycles. The first-order valence-electron chi connectivity index (χ1n) is 4.78. The second-order valence-corrected chi connectivity index (χ2v) is 3.25. The highest BCUT2D eigenvalue weighted by atomic mass is 19.3. The van der Waals surface area contributed by atoms with Crippen molar-refractivity contribution in [1.82, 2.24) is 14.9 Å². The van der Waals surface area contributed by atoms with Gasteiger partial charge in [-0.05, 0) is 6.92 Å². The molecule has 0 aliphatic rings. The van der Waals surface area contributed by atoms with E-state index in [1.165, 1.54) is 0 Å². The van der Waals surface area contributed by atoms with Crippen LogP contribution in [0, 0.1) is 0 Å². The van der Waals surface area contributed by atoms with Crippen molar-refractivity contribution in [3.05, 3.63) is 18.2 Å². The molecule has 0 aromatic carbocycles. The van der Waals surface area contributed by atoms with Crippen molar-refractivity contribution in [3.8, 4) is 0 Å². The Hall–Kier alpha value is -1.01. The van der Waals surface area contributed by atoms with E-state index in [-0.39, 0.29) is 6.54 Å². The second-order valence-electron chi connectivity index (χ2n) is 3.25. The average molecular weight is 219 g/mol. The number of hydrogen-bond acceptors (Lipinski definition) is 3. The summed E-state index contributed by atoms with van der Waals surface area (Å²) >= 11 is 0. The molecule has 1 heterocycles. The summed E-state index contributed by atoms with van der Waals surface area (Å²) in [7, 11) is 0. The summed E-state index contributed by atoms with van der Waals surface area (Å²) < 4.78 is 27.1. The number of aryl methyl sites for hydroxylation is 1. The van der Waals surface area contributed by atoms with Gasteiger partial charge in [-0.2, -0.15) is 0 Å². The maximum absolute atomic E-state index is 12.6. The summed E-state index contributed by atoms with van der Waals surface area (Å²) in [5.41, 5.74) is 0. The van der Waals surface area contributed by atoms with Crippen LogP contribution in [0.15, 0.2) is 12.4 Å². The van der Waals surface area contributed by atoms with E-state index in [1.54, 1.807) is 12.4 Å². The first-order valence-corrected chi connectivity index (χ1v) is 4.78. The van der Waals surface area contributed by atoms with Crippen LogP contribution in [0.4, 0.5) is 8.78 Å². The van der Waals surface area contributed by atoms with Crippen molar-refractivity contribution in [2.24, 2.45) is 0 Å². The summed E-state index contributed by atoms with van der Waals surface area (Å²) in [4.78, 5) is 4.03. The fraction of sp³-hybridized carbons (Fsp3) is 0.667. The molecule has 1 rings (SSSR count). The summed E-state index contributed by atoms with van der Waals surface area (Å²) in [6.45, 7) is 1.31. The van der Waals surface area contributed by atoms with E-state index in [9.17, 15) is 8.78 Å². The predicted molar refractivity (Wildman–Crippen MR) is 51.6 cm³/mol. The largest absolute Gasteiger partial charge is 0.390 e. The van der Waals surface area contributed by atoms with Gasteiger partial charge in [-0.25, -0.2) is 13.8 Å². The van der Waals surface area contributed by atoms with Crippen LogP contribution in [0.2, 0.25) is 0 Å². The number of aromatic nitrogens is 2. The molecule has 1 aromatic heterocycles. The third kappa shape index (κ3) is 3.56. The number of halogens is 2. The zero-order valence-corrected chi connectivity index (χ0v) is 8.58. The topological polar surface area (TPSA) is 50.1 Å². The van der Waals surface area contributed by atoms with E-state index in [4.69, 9.17) is 5.11 Å². The molecule has 15 heavy (non-hydrogen) atoms. The monoisotopic (exact) mass is 219 g/mol. The van der Waals surface area contributed by atoms with Crippen molar-refractivity contribution >= 4 is 0 Å². The van der Waals surface area contributed by atoms with Gasteiger partial charge in [0.25, 0.3) is 5.92 Å². The molecule has 0 spiro atoms. The molecule has 86 valence electrons. The van der Waals surface area contributed by atoms with Crippen LogP contribution < -0.4 is 5.32 Å². The van der Waals surface area contributed by atoms with Gasteiger partial charge in [-0.1, -0.05) is 0 Å². The minimum atomic E-state index is -3.07. The predicted octanol–water partition coefficient (Wildman–Crippen LogP) is 0.620. The smallest absolute Gasteiger partial charge is 0.282 e. The number of alkyl halides is 2. The minimum Gasteiger partial charge on any atom is -0.390 e. The number of aliphatic hydroxyl groups excluding tert-OH is 1. The van der Waals surface area contributed by atoms with Gasteiger partial charge in [0.15, 0.2) is 0 Å². The second kappa shape index (κ2) is 5.18. The summed E-state index contributed by atoms with van der Waals surface area (Å²) in [5.74, 6) is -2.35. The fourth-order valence-electron chi connectivity index (χ4n) is 1.21. The molecular formula is C9H15F2N3O. The van der Waals surface area contributed by atoms with Gasteiger partial charge < -0.3 is 15.0 Å². The van der Waals surface area contributed by atoms with E-state index in [1.807, 2.05) is 11.5 Å². The Morgan fingerprint density at radius 2 is 2.33 bits per heavy atom. The van der Waals surface area contributed by atoms with Gasteiger partial charge in [0.2, 0.25) is 0 Å². The SMILES string of the molecule is CCn1ccnc1CNCC(F)(F)CO. The maximum Gasteiger partial charge on any atom is 0.282 e. The number of rotatable bonds is 6. The highest BCUT2D eigenvalue weighted by Gasteiger charge is 2.26. The Labute approximate surface area is 86.9 Å². The lowest BCUT2D eigenvalue weighted by Gasteiger charge is -2.13. The first-order chi connectivity index (χ1) is 7.09. The molecule has 0 bridgehead atoms. The van der Waals surface area contributed by atoms with Gasteiger partial charge >= 0.3 is 0 Å². The molecule has 0 radical (unpaired) electrons. The quantitative estimate of drug-likeness (QED) is 0.737. The van der Waals surface area contributed by atoms with Crippen LogP contribution >= 0.6 is 0 Å². The van der Waals surface area contributed by atoms with Gasteiger partial charge in [0.05, 0.1) is 13.1 Å². The lowest BCUT2D eigenvalue weighted by molar-refractivity contribution is -0.0479. The highest BCUT2D eigenvalue weighted by molar-refractivity contribution is 4.91. The zero-order valence-electron chi connectivity index (χ0n) is 8.58. The lowest BCUT2D eigenvalue weighted by atomic mass is 10.3. The van der Waals surface area contributed by atoms with Gasteiger partial charge in [-0.15, -0.1) is 0 Å². The number of nitrogens with zero attached hydrogens (tertiary/aromatic N) is 2. The normalized spacial score (nSPS) is 12.0. The third-order valence-corrected chi connectivity index (χ3v) is 2.04. The summed E-state index contributed by atoms with van der Waals surface area (Å²) in [5, 5.41) is 10.9. The van der Waals surface area contributed by atoms with Crippen molar-refractivity contribution in [1.29, 1.82) is 0 Å².